The molecule has 0 aliphatic rings. The summed E-state index contributed by atoms with van der Waals surface area (Å²) in [4.78, 5) is 0. The number of hydrogen-bond donors (Lipinski definition) is 0. The summed E-state index contributed by atoms with van der Waals surface area (Å²) in [6, 6.07) is 15.7. The highest BCUT2D eigenvalue weighted by Crippen LogP contribution is 2.24. The standard InChI is InChI=1S/C15H14Cl2O/c16-9-8-13-10-14(17)6-7-15(13)18-11-12-4-2-1-3-5-12/h1-7,10H,8-9,11H2. The Hall–Kier alpha value is -1.18. The molecule has 1 nitrogen and oxygen atoms in total. The van der Waals surface area contributed by atoms with Gasteiger partial charge in [0.05, 0.1) is 0 Å². The van der Waals surface area contributed by atoms with Gasteiger partial charge in [-0.25, -0.2) is 0 Å². The maximum atomic E-state index is 5.97. The predicted octanol–water partition coefficient (Wildman–Crippen LogP) is 4.70. The zero-order chi connectivity index (χ0) is 12.8. The molecule has 0 saturated heterocycles. The topological polar surface area (TPSA) is 9.23 Å². The fourth-order valence-corrected chi connectivity index (χ4v) is 2.12. The lowest BCUT2D eigenvalue weighted by Crippen LogP contribution is -1.99. The van der Waals surface area contributed by atoms with Crippen molar-refractivity contribution in [3.05, 3.63) is 64.7 Å². The quantitative estimate of drug-likeness (QED) is 0.722. The summed E-state index contributed by atoms with van der Waals surface area (Å²) in [6.45, 7) is 0.553. The van der Waals surface area contributed by atoms with Crippen molar-refractivity contribution in [3.63, 3.8) is 0 Å². The molecule has 94 valence electrons. The first-order chi connectivity index (χ1) is 8.79. The highest BCUT2D eigenvalue weighted by atomic mass is 35.5. The lowest BCUT2D eigenvalue weighted by molar-refractivity contribution is 0.303. The maximum Gasteiger partial charge on any atom is 0.123 e. The molecule has 0 radical (unpaired) electrons. The van der Waals surface area contributed by atoms with E-state index in [0.717, 1.165) is 23.3 Å². The molecule has 2 aromatic rings. The summed E-state index contributed by atoms with van der Waals surface area (Å²) >= 11 is 11.7. The van der Waals surface area contributed by atoms with Crippen LogP contribution in [-0.2, 0) is 13.0 Å². The zero-order valence-electron chi connectivity index (χ0n) is 9.90. The number of benzene rings is 2. The molecule has 0 heterocycles. The molecule has 0 bridgehead atoms. The Morgan fingerprint density at radius 2 is 1.78 bits per heavy atom. The van der Waals surface area contributed by atoms with Gasteiger partial charge in [0.15, 0.2) is 0 Å². The minimum absolute atomic E-state index is 0.553. The minimum Gasteiger partial charge on any atom is -0.489 e. The van der Waals surface area contributed by atoms with Crippen molar-refractivity contribution < 1.29 is 4.74 Å². The third kappa shape index (κ3) is 3.66. The van der Waals surface area contributed by atoms with Gasteiger partial charge in [-0.1, -0.05) is 41.9 Å². The minimum atomic E-state index is 0.553. The number of ether oxygens (including phenoxy) is 1. The van der Waals surface area contributed by atoms with Crippen molar-refractivity contribution in [2.24, 2.45) is 0 Å². The monoisotopic (exact) mass is 280 g/mol. The van der Waals surface area contributed by atoms with Crippen molar-refractivity contribution in [2.75, 3.05) is 5.88 Å². The molecule has 2 aromatic carbocycles. The molecule has 0 N–H and O–H groups in total. The van der Waals surface area contributed by atoms with Crippen molar-refractivity contribution in [1.82, 2.24) is 0 Å². The Balaban J connectivity index is 2.09. The molecule has 2 rings (SSSR count). The van der Waals surface area contributed by atoms with Crippen LogP contribution in [0.5, 0.6) is 5.75 Å². The number of aryl methyl sites for hydroxylation is 1. The van der Waals surface area contributed by atoms with Gasteiger partial charge < -0.3 is 4.74 Å². The van der Waals surface area contributed by atoms with Crippen LogP contribution in [0.15, 0.2) is 48.5 Å². The van der Waals surface area contributed by atoms with Crippen LogP contribution in [0.3, 0.4) is 0 Å². The van der Waals surface area contributed by atoms with E-state index >= 15 is 0 Å². The van der Waals surface area contributed by atoms with Crippen molar-refractivity contribution in [3.8, 4) is 5.75 Å². The second-order valence-corrected chi connectivity index (χ2v) is 4.78. The van der Waals surface area contributed by atoms with E-state index in [2.05, 4.69) is 0 Å². The molecule has 18 heavy (non-hydrogen) atoms. The Bertz CT molecular complexity index is 497. The van der Waals surface area contributed by atoms with Crippen LogP contribution in [0.25, 0.3) is 0 Å². The molecular weight excluding hydrogens is 267 g/mol. The molecule has 0 fully saturated rings. The third-order valence-corrected chi connectivity index (χ3v) is 3.05. The number of halogens is 2. The fourth-order valence-electron chi connectivity index (χ4n) is 1.72. The number of rotatable bonds is 5. The second-order valence-electron chi connectivity index (χ2n) is 3.97. The first-order valence-corrected chi connectivity index (χ1v) is 6.72. The van der Waals surface area contributed by atoms with Gasteiger partial charge in [-0.05, 0) is 35.7 Å². The first-order valence-electron chi connectivity index (χ1n) is 5.80. The SMILES string of the molecule is ClCCc1cc(Cl)ccc1OCc1ccccc1. The van der Waals surface area contributed by atoms with Gasteiger partial charge in [0.1, 0.15) is 12.4 Å². The normalized spacial score (nSPS) is 10.3. The van der Waals surface area contributed by atoms with Gasteiger partial charge in [-0.3, -0.25) is 0 Å². The lowest BCUT2D eigenvalue weighted by Gasteiger charge is -2.11. The summed E-state index contributed by atoms with van der Waals surface area (Å²) in [5.41, 5.74) is 2.19. The van der Waals surface area contributed by atoms with Crippen LogP contribution in [0.4, 0.5) is 0 Å². The molecule has 0 spiro atoms. The molecule has 0 aliphatic heterocycles. The second kappa shape index (κ2) is 6.67. The van der Waals surface area contributed by atoms with E-state index < -0.39 is 0 Å². The van der Waals surface area contributed by atoms with E-state index in [9.17, 15) is 0 Å². The molecule has 0 aromatic heterocycles. The van der Waals surface area contributed by atoms with Crippen LogP contribution >= 0.6 is 23.2 Å². The molecule has 0 saturated carbocycles. The largest absolute Gasteiger partial charge is 0.489 e. The van der Waals surface area contributed by atoms with Crippen molar-refractivity contribution in [2.45, 2.75) is 13.0 Å². The Morgan fingerprint density at radius 3 is 2.50 bits per heavy atom. The zero-order valence-corrected chi connectivity index (χ0v) is 11.4. The molecular formula is C15H14Cl2O. The van der Waals surface area contributed by atoms with Gasteiger partial charge >= 0.3 is 0 Å². The van der Waals surface area contributed by atoms with Gasteiger partial charge in [0.25, 0.3) is 0 Å². The third-order valence-electron chi connectivity index (χ3n) is 2.62. The summed E-state index contributed by atoms with van der Waals surface area (Å²) in [5.74, 6) is 1.41. The molecule has 0 aliphatic carbocycles. The smallest absolute Gasteiger partial charge is 0.123 e. The maximum absolute atomic E-state index is 5.97. The summed E-state index contributed by atoms with van der Waals surface area (Å²) < 4.78 is 5.81. The van der Waals surface area contributed by atoms with Crippen LogP contribution in [0.1, 0.15) is 11.1 Å². The van der Waals surface area contributed by atoms with Gasteiger partial charge in [-0.15, -0.1) is 11.6 Å². The molecule has 0 unspecified atom stereocenters. The lowest BCUT2D eigenvalue weighted by atomic mass is 10.1. The number of hydrogen-bond acceptors (Lipinski definition) is 1. The highest BCUT2D eigenvalue weighted by molar-refractivity contribution is 6.30. The molecule has 0 amide bonds. The Morgan fingerprint density at radius 1 is 1.00 bits per heavy atom. The van der Waals surface area contributed by atoms with Crippen LogP contribution in [-0.4, -0.2) is 5.88 Å². The summed E-state index contributed by atoms with van der Waals surface area (Å²) in [5, 5.41) is 0.710. The van der Waals surface area contributed by atoms with E-state index in [1.165, 1.54) is 0 Å². The average molecular weight is 281 g/mol. The average Bonchev–Trinajstić information content (AvgIpc) is 2.39. The van der Waals surface area contributed by atoms with E-state index in [-0.39, 0.29) is 0 Å². The van der Waals surface area contributed by atoms with E-state index in [1.54, 1.807) is 0 Å². The number of alkyl halides is 1. The van der Waals surface area contributed by atoms with Crippen LogP contribution in [0, 0.1) is 0 Å². The Labute approximate surface area is 117 Å². The van der Waals surface area contributed by atoms with Crippen LogP contribution < -0.4 is 4.74 Å². The van der Waals surface area contributed by atoms with Gasteiger partial charge in [-0.2, -0.15) is 0 Å². The van der Waals surface area contributed by atoms with E-state index in [0.29, 0.717) is 17.5 Å². The molecule has 0 atom stereocenters. The van der Waals surface area contributed by atoms with Crippen molar-refractivity contribution in [1.29, 1.82) is 0 Å². The predicted molar refractivity (Wildman–Crippen MR) is 76.7 cm³/mol. The van der Waals surface area contributed by atoms with E-state index in [1.807, 2.05) is 48.5 Å². The first kappa shape index (κ1) is 13.3. The molecule has 3 heteroatoms. The van der Waals surface area contributed by atoms with E-state index in [4.69, 9.17) is 27.9 Å². The fraction of sp³-hybridized carbons (Fsp3) is 0.200. The summed E-state index contributed by atoms with van der Waals surface area (Å²) in [7, 11) is 0. The van der Waals surface area contributed by atoms with Gasteiger partial charge in [0.2, 0.25) is 0 Å². The highest BCUT2D eigenvalue weighted by Gasteiger charge is 2.04. The van der Waals surface area contributed by atoms with Crippen LogP contribution in [0.2, 0.25) is 5.02 Å². The van der Waals surface area contributed by atoms with Crippen molar-refractivity contribution >= 4 is 23.2 Å². The Kier molecular flexibility index (Phi) is 4.91. The van der Waals surface area contributed by atoms with Gasteiger partial charge in [0, 0.05) is 10.9 Å². The summed E-state index contributed by atoms with van der Waals surface area (Å²) in [6.07, 6.45) is 0.756.